The molecule has 228 valence electrons. The number of hydrogen-bond donors (Lipinski definition) is 0. The molecule has 3 aliphatic carbocycles. The van der Waals surface area contributed by atoms with Gasteiger partial charge in [-0.1, -0.05) is 125 Å². The van der Waals surface area contributed by atoms with Crippen LogP contribution in [0.4, 0.5) is 0 Å². The second-order valence-electron chi connectivity index (χ2n) is 16.9. The molecule has 2 unspecified atom stereocenters. The summed E-state index contributed by atoms with van der Waals surface area (Å²) in [4.78, 5) is 0. The molecular weight excluding hydrogens is 631 g/mol. The van der Waals surface area contributed by atoms with Crippen LogP contribution in [0, 0.1) is 36.5 Å². The van der Waals surface area contributed by atoms with Crippen molar-refractivity contribution in [2.45, 2.75) is 127 Å². The van der Waals surface area contributed by atoms with Crippen LogP contribution in [0.1, 0.15) is 135 Å². The van der Waals surface area contributed by atoms with Crippen LogP contribution in [0.3, 0.4) is 0 Å². The van der Waals surface area contributed by atoms with Crippen LogP contribution in [0.5, 0.6) is 0 Å². The van der Waals surface area contributed by atoms with Crippen LogP contribution < -0.4 is 24.8 Å². The van der Waals surface area contributed by atoms with E-state index >= 15 is 0 Å². The summed E-state index contributed by atoms with van der Waals surface area (Å²) in [5.41, 5.74) is 17.6. The van der Waals surface area contributed by atoms with Gasteiger partial charge in [0.1, 0.15) is 0 Å². The van der Waals surface area contributed by atoms with Gasteiger partial charge in [-0.25, -0.2) is 0 Å². The Bertz CT molecular complexity index is 1350. The Morgan fingerprint density at radius 1 is 0.714 bits per heavy atom. The smallest absolute Gasteiger partial charge is 1.00 e. The van der Waals surface area contributed by atoms with E-state index in [2.05, 4.69) is 127 Å². The van der Waals surface area contributed by atoms with Crippen LogP contribution in [0.25, 0.3) is 11.1 Å². The Hall–Kier alpha value is -0.617. The molecule has 2 atom stereocenters. The monoisotopic (exact) mass is 682 g/mol. The fraction of sp³-hybridized carbons (Fsp3) is 0.590. The van der Waals surface area contributed by atoms with E-state index in [1.54, 1.807) is 27.8 Å². The van der Waals surface area contributed by atoms with Crippen molar-refractivity contribution in [3.8, 4) is 11.1 Å². The first kappa shape index (κ1) is 37.6. The molecule has 0 radical (unpaired) electrons. The zero-order valence-electron chi connectivity index (χ0n) is 28.8. The summed E-state index contributed by atoms with van der Waals surface area (Å²) in [6, 6.07) is 10.3. The maximum absolute atomic E-state index is 2.65. The number of aryl methyl sites for hydroxylation is 2. The molecule has 42 heavy (non-hydrogen) atoms. The fourth-order valence-corrected chi connectivity index (χ4v) is 8.44. The van der Waals surface area contributed by atoms with Gasteiger partial charge < -0.3 is 24.8 Å². The van der Waals surface area contributed by atoms with E-state index in [0.717, 1.165) is 0 Å². The van der Waals surface area contributed by atoms with E-state index in [1.807, 2.05) is 0 Å². The van der Waals surface area contributed by atoms with Crippen LogP contribution >= 0.6 is 0 Å². The third kappa shape index (κ3) is 5.99. The first-order valence-corrected chi connectivity index (χ1v) is 15.5. The molecule has 5 rings (SSSR count). The maximum atomic E-state index is 2.65. The zero-order valence-corrected chi connectivity index (χ0v) is 32.8. The van der Waals surface area contributed by atoms with E-state index < -0.39 is 0 Å². The van der Waals surface area contributed by atoms with E-state index in [9.17, 15) is 0 Å². The second kappa shape index (κ2) is 12.0. The minimum absolute atomic E-state index is 0. The Balaban J connectivity index is 0.00000205. The van der Waals surface area contributed by atoms with Crippen molar-refractivity contribution in [3.63, 3.8) is 0 Å². The molecule has 0 amide bonds. The zero-order chi connectivity index (χ0) is 29.0. The standard InChI is InChI=1S/C39H54.2ClH.Zr/c1-22(2)31-21-39(14,34-18-25(17-28(31)34)36(5,6)7)35-29-15-23(3)32(37(8,9)10)19-26(29)27-20-33(38(11,12)13)24(4)16-30(27)35;;;/h15-16,18-20,22,31,35H,17,21H2,1-14H3;2*1H;/q;;;+2/p-2. The number of rotatable bonds is 2. The van der Waals surface area contributed by atoms with Gasteiger partial charge in [0.05, 0.1) is 0 Å². The van der Waals surface area contributed by atoms with Crippen molar-refractivity contribution in [2.75, 3.05) is 0 Å². The molecule has 0 saturated heterocycles. The van der Waals surface area contributed by atoms with Crippen LogP contribution in [-0.2, 0) is 37.0 Å². The Morgan fingerprint density at radius 3 is 1.50 bits per heavy atom. The van der Waals surface area contributed by atoms with Crippen molar-refractivity contribution in [1.29, 1.82) is 0 Å². The minimum atomic E-state index is 0. The van der Waals surface area contributed by atoms with E-state index in [4.69, 9.17) is 0 Å². The quantitative estimate of drug-likeness (QED) is 0.400. The predicted octanol–water partition coefficient (Wildman–Crippen LogP) is 5.37. The van der Waals surface area contributed by atoms with Crippen LogP contribution in [0.2, 0.25) is 0 Å². The summed E-state index contributed by atoms with van der Waals surface area (Å²) < 4.78 is 0. The average molecular weight is 685 g/mol. The van der Waals surface area contributed by atoms with Gasteiger partial charge in [-0.2, -0.15) is 0 Å². The summed E-state index contributed by atoms with van der Waals surface area (Å²) in [5.74, 6) is 1.73. The predicted molar refractivity (Wildman–Crippen MR) is 171 cm³/mol. The molecule has 0 fully saturated rings. The number of fused-ring (bicyclic) bond motifs is 3. The molecule has 0 aliphatic heterocycles. The first-order valence-electron chi connectivity index (χ1n) is 15.5. The van der Waals surface area contributed by atoms with E-state index in [-0.39, 0.29) is 72.7 Å². The summed E-state index contributed by atoms with van der Waals surface area (Å²) in [6.45, 7) is 33.6. The summed E-state index contributed by atoms with van der Waals surface area (Å²) in [6.07, 6.45) is 5.09. The number of halogens is 2. The molecular formula is C39H54Cl2Zr. The van der Waals surface area contributed by atoms with Crippen LogP contribution in [-0.4, -0.2) is 0 Å². The van der Waals surface area contributed by atoms with Gasteiger partial charge >= 0.3 is 26.2 Å². The second-order valence-corrected chi connectivity index (χ2v) is 16.9. The van der Waals surface area contributed by atoms with Crippen molar-refractivity contribution >= 4 is 0 Å². The Labute approximate surface area is 289 Å². The van der Waals surface area contributed by atoms with Gasteiger partial charge in [0.2, 0.25) is 0 Å². The van der Waals surface area contributed by atoms with Gasteiger partial charge in [-0.15, -0.1) is 0 Å². The first-order chi connectivity index (χ1) is 17.7. The fourth-order valence-electron chi connectivity index (χ4n) is 8.44. The van der Waals surface area contributed by atoms with E-state index in [1.165, 1.54) is 46.2 Å². The van der Waals surface area contributed by atoms with Crippen molar-refractivity contribution in [2.24, 2.45) is 22.7 Å². The van der Waals surface area contributed by atoms with Crippen LogP contribution in [0.15, 0.2) is 47.1 Å². The minimum Gasteiger partial charge on any atom is -1.00 e. The van der Waals surface area contributed by atoms with E-state index in [0.29, 0.717) is 17.8 Å². The number of hydrogen-bond acceptors (Lipinski definition) is 0. The normalized spacial score (nSPS) is 21.8. The molecule has 0 spiro atoms. The summed E-state index contributed by atoms with van der Waals surface area (Å²) in [7, 11) is 0. The summed E-state index contributed by atoms with van der Waals surface area (Å²) in [5, 5.41) is 0. The SMILES string of the molecule is Cc1cc2c(cc1C(C)(C)C)-c1cc(C(C)(C)C)c(C)cc1C2C1(C)CC(C(C)C)C2=C1C=C(C(C)(C)C)C2.[Cl-].[Cl-].[Zr+2]. The van der Waals surface area contributed by atoms with Crippen molar-refractivity contribution < 1.29 is 51.0 Å². The molecule has 0 bridgehead atoms. The summed E-state index contributed by atoms with van der Waals surface area (Å²) >= 11 is 0. The number of benzene rings is 2. The van der Waals surface area contributed by atoms with Gasteiger partial charge in [-0.05, 0) is 105 Å². The molecule has 0 nitrogen and oxygen atoms in total. The van der Waals surface area contributed by atoms with Gasteiger partial charge in [0.15, 0.2) is 0 Å². The molecule has 3 aliphatic rings. The molecule has 0 aromatic heterocycles. The third-order valence-corrected chi connectivity index (χ3v) is 10.5. The topological polar surface area (TPSA) is 0 Å². The Morgan fingerprint density at radius 2 is 1.14 bits per heavy atom. The molecule has 0 saturated carbocycles. The number of allylic oxidation sites excluding steroid dienone is 4. The molecule has 0 heterocycles. The largest absolute Gasteiger partial charge is 2.00 e. The molecule has 0 N–H and O–H groups in total. The van der Waals surface area contributed by atoms with Gasteiger partial charge in [0, 0.05) is 11.3 Å². The maximum Gasteiger partial charge on any atom is 2.00 e. The molecule has 2 aromatic rings. The van der Waals surface area contributed by atoms with Gasteiger partial charge in [0.25, 0.3) is 0 Å². The van der Waals surface area contributed by atoms with Gasteiger partial charge in [-0.3, -0.25) is 0 Å². The van der Waals surface area contributed by atoms with Crippen molar-refractivity contribution in [3.05, 3.63) is 80.4 Å². The third-order valence-electron chi connectivity index (χ3n) is 10.5. The Kier molecular flexibility index (Phi) is 10.7. The molecule has 2 aromatic carbocycles. The average Bonchev–Trinajstić information content (AvgIpc) is 3.41. The van der Waals surface area contributed by atoms with Crippen molar-refractivity contribution in [1.82, 2.24) is 0 Å². The molecule has 3 heteroatoms.